The van der Waals surface area contributed by atoms with Gasteiger partial charge in [-0.25, -0.2) is 30.0 Å². The summed E-state index contributed by atoms with van der Waals surface area (Å²) in [4.78, 5) is 35.2. The zero-order valence-corrected chi connectivity index (χ0v) is 63.6. The third kappa shape index (κ3) is 12.5. The summed E-state index contributed by atoms with van der Waals surface area (Å²) in [5.41, 5.74) is 8.95. The molecule has 2 aromatic heterocycles. The average molecular weight is 1480 g/mol. The first-order valence-corrected chi connectivity index (χ1v) is 46.7. The largest absolute Gasteiger partial charge is 0.582 e. The van der Waals surface area contributed by atoms with Gasteiger partial charge in [0.05, 0.1) is 9.79 Å². The molecule has 0 aliphatic carbocycles. The van der Waals surface area contributed by atoms with Crippen molar-refractivity contribution in [3.05, 3.63) is 265 Å². The molecule has 0 unspecified atom stereocenters. The Morgan fingerprint density at radius 1 is 0.381 bits per heavy atom. The number of benzene rings is 10. The Kier molecular flexibility index (Phi) is 18.1. The van der Waals surface area contributed by atoms with Gasteiger partial charge in [0.1, 0.15) is 22.6 Å². The van der Waals surface area contributed by atoms with E-state index in [-0.39, 0.29) is 9.79 Å². The molecule has 16 rings (SSSR count). The molecule has 4 aliphatic heterocycles. The number of aromatic nitrogens is 2. The molecule has 12 aromatic rings. The lowest BCUT2D eigenvalue weighted by molar-refractivity contribution is 0.332. The maximum atomic E-state index is 13.9. The van der Waals surface area contributed by atoms with E-state index in [9.17, 15) is 25.9 Å². The number of hydrogen-bond acceptors (Lipinski definition) is 12. The molecule has 0 saturated carbocycles. The van der Waals surface area contributed by atoms with E-state index in [0.29, 0.717) is 157 Å². The molecule has 2 N–H and O–H groups in total. The third-order valence-corrected chi connectivity index (χ3v) is 33.8. The summed E-state index contributed by atoms with van der Waals surface area (Å²) >= 11 is 0. The van der Waals surface area contributed by atoms with Crippen LogP contribution in [0.1, 0.15) is 86.5 Å². The lowest BCUT2D eigenvalue weighted by Crippen LogP contribution is -2.70. The fourth-order valence-electron chi connectivity index (χ4n) is 15.8. The number of allylic oxidation sites excluding steroid dienone is 2. The van der Waals surface area contributed by atoms with E-state index in [1.165, 1.54) is 12.1 Å². The lowest BCUT2D eigenvalue weighted by atomic mass is 9.87. The van der Waals surface area contributed by atoms with E-state index in [1.807, 2.05) is 182 Å². The van der Waals surface area contributed by atoms with Crippen LogP contribution in [-0.4, -0.2) is 83.3 Å². The summed E-state index contributed by atoms with van der Waals surface area (Å²) in [5.74, 6) is 2.06. The second-order valence-corrected chi connectivity index (χ2v) is 43.1. The first-order valence-electron chi connectivity index (χ1n) is 35.9. The summed E-state index contributed by atoms with van der Waals surface area (Å²) in [6, 6.07) is 66.7. The van der Waals surface area contributed by atoms with Crippen LogP contribution in [0.25, 0.3) is 87.6 Å². The number of hydrogen-bond donors (Lipinski definition) is 2. The molecule has 16 nitrogen and oxygen atoms in total. The average Bonchev–Trinajstić information content (AvgIpc) is 1.51. The maximum Gasteiger partial charge on any atom is 0.582 e. The highest BCUT2D eigenvalue weighted by atomic mass is 32.2. The van der Waals surface area contributed by atoms with Crippen LogP contribution in [0.2, 0.25) is 38.3 Å². The van der Waals surface area contributed by atoms with Gasteiger partial charge in [-0.1, -0.05) is 233 Å². The standard InChI is InChI=1S/C84H78N8O8S2Si3/c1-7-9-11-13-15-33-51-103(3,4)99-105(100-104(5,6)52-34-16-14-12-10-8-2)91-81-73-69(55-35-21-17-22-36-55)61-49-47-59(101(93,94)95)53-67(61)71(57-39-25-19-26-40-57)75(73)83(91)89-79-66-46-32-30-44-64(66)78(86-79)88-82-74-70(56-37-23-18-24-38-56)62-50-48-60(102(96,97)98)54-68(62)72(58-41-27-20-28-42-58)76(74)84(92(82)105)90-80-65-45-31-29-43-63(65)77(85-80)87-81/h7-8,17-32,35-50,53-54H,1-2,9-16,33-34,51-52H2,3-6H3,(H,93,94,95)(H,96,97,98). The van der Waals surface area contributed by atoms with Gasteiger partial charge in [0.15, 0.2) is 40.0 Å². The summed E-state index contributed by atoms with van der Waals surface area (Å²) in [6.45, 7) is 17.2. The van der Waals surface area contributed by atoms with Crippen molar-refractivity contribution in [1.82, 2.24) is 8.47 Å². The molecule has 4 aliphatic rings. The third-order valence-electron chi connectivity index (χ3n) is 20.5. The second kappa shape index (κ2) is 27.5. The molecular formula is C84H78N8O8S2Si3. The van der Waals surface area contributed by atoms with Crippen LogP contribution in [0.5, 0.6) is 0 Å². The van der Waals surface area contributed by atoms with E-state index >= 15 is 0 Å². The van der Waals surface area contributed by atoms with Gasteiger partial charge in [-0.05, 0) is 132 Å². The molecule has 0 atom stereocenters. The molecule has 105 heavy (non-hydrogen) atoms. The first-order chi connectivity index (χ1) is 50.8. The Morgan fingerprint density at radius 2 is 0.695 bits per heavy atom. The minimum Gasteiger partial charge on any atom is -0.404 e. The van der Waals surface area contributed by atoms with Gasteiger partial charge in [-0.15, -0.1) is 13.2 Å². The van der Waals surface area contributed by atoms with Gasteiger partial charge in [-0.3, -0.25) is 17.6 Å². The molecule has 0 amide bonds. The topological polar surface area (TPSA) is 211 Å². The number of amidine groups is 4. The highest BCUT2D eigenvalue weighted by molar-refractivity contribution is 7.86. The van der Waals surface area contributed by atoms with Crippen molar-refractivity contribution >= 4 is 124 Å². The molecule has 0 fully saturated rings. The number of aliphatic imine (C=N–C) groups is 4. The summed E-state index contributed by atoms with van der Waals surface area (Å²) in [7, 11) is -21.5. The van der Waals surface area contributed by atoms with Gasteiger partial charge in [0, 0.05) is 66.1 Å². The quantitative estimate of drug-likeness (QED) is 0.0256. The minimum atomic E-state index is -5.22. The van der Waals surface area contributed by atoms with E-state index < -0.39 is 45.8 Å². The predicted molar refractivity (Wildman–Crippen MR) is 431 cm³/mol. The highest BCUT2D eigenvalue weighted by Gasteiger charge is 2.59. The van der Waals surface area contributed by atoms with Gasteiger partial charge in [0.25, 0.3) is 20.2 Å². The van der Waals surface area contributed by atoms with Gasteiger partial charge in [0.2, 0.25) is 0 Å². The van der Waals surface area contributed by atoms with Crippen LogP contribution in [0, 0.1) is 0 Å². The van der Waals surface area contributed by atoms with E-state index in [0.717, 1.165) is 75.3 Å². The number of nitrogens with zero attached hydrogens (tertiary/aromatic N) is 8. The Hall–Kier alpha value is -10.0. The molecular weight excluding hydrogens is 1400 g/mol. The van der Waals surface area contributed by atoms with Gasteiger partial charge < -0.3 is 8.23 Å². The van der Waals surface area contributed by atoms with Crippen LogP contribution in [0.4, 0.5) is 11.6 Å². The zero-order valence-electron chi connectivity index (χ0n) is 58.9. The van der Waals surface area contributed by atoms with Crippen LogP contribution >= 0.6 is 0 Å². The molecule has 0 radical (unpaired) electrons. The fraction of sp³-hybridized carbons (Fsp3) is 0.190. The van der Waals surface area contributed by atoms with E-state index in [2.05, 4.69) is 47.8 Å². The Morgan fingerprint density at radius 3 is 1.05 bits per heavy atom. The highest BCUT2D eigenvalue weighted by Crippen LogP contribution is 2.56. The van der Waals surface area contributed by atoms with Crippen molar-refractivity contribution in [3.63, 3.8) is 0 Å². The van der Waals surface area contributed by atoms with Crippen molar-refractivity contribution in [2.75, 3.05) is 0 Å². The van der Waals surface area contributed by atoms with Crippen LogP contribution in [0.15, 0.2) is 271 Å². The van der Waals surface area contributed by atoms with Crippen LogP contribution in [-0.2, 0) is 28.5 Å². The SMILES string of the molecule is C=CCCCCCC[Si](C)(C)O[Si]1(O[Si](C)(C)CCCCCCC=C)n2c3c4c(-c5ccccc5)c5cc(S(=O)(=O)O)ccc5c(-c5ccccc5)c4c2N=C2N=C(N=c4c5c(-c6ccccc6)c6cc(S(=O)(=O)O)ccc6c(-c6ccccc6)c5c(n41)=NC1=NC(=N3)c3ccccc31)c1ccccc12. The lowest BCUT2D eigenvalue weighted by Gasteiger charge is -2.43. The second-order valence-electron chi connectivity index (χ2n) is 28.6. The summed E-state index contributed by atoms with van der Waals surface area (Å²) in [6.07, 6.45) is 13.3. The fourth-order valence-corrected chi connectivity index (χ4v) is 29.5. The first kappa shape index (κ1) is 69.3. The van der Waals surface area contributed by atoms with Crippen LogP contribution < -0.4 is 11.0 Å². The molecule has 21 heteroatoms. The van der Waals surface area contributed by atoms with Crippen molar-refractivity contribution < 1.29 is 34.2 Å². The molecule has 526 valence electrons. The Bertz CT molecular complexity index is 6070. The van der Waals surface area contributed by atoms with Crippen molar-refractivity contribution in [2.45, 2.75) is 112 Å². The number of unbranched alkanes of at least 4 members (excludes halogenated alkanes) is 8. The molecule has 6 heterocycles. The number of fused-ring (bicyclic) bond motifs is 16. The maximum absolute atomic E-state index is 13.9. The van der Waals surface area contributed by atoms with Gasteiger partial charge in [-0.2, -0.15) is 16.8 Å². The van der Waals surface area contributed by atoms with Crippen LogP contribution in [0.3, 0.4) is 0 Å². The van der Waals surface area contributed by atoms with E-state index in [1.54, 1.807) is 24.3 Å². The van der Waals surface area contributed by atoms with Crippen molar-refractivity contribution in [2.24, 2.45) is 30.0 Å². The zero-order chi connectivity index (χ0) is 72.6. The predicted octanol–water partition coefficient (Wildman–Crippen LogP) is 19.6. The molecule has 0 spiro atoms. The normalized spacial score (nSPS) is 14.5. The van der Waals surface area contributed by atoms with E-state index in [4.69, 9.17) is 38.2 Å². The summed E-state index contributed by atoms with van der Waals surface area (Å²) < 4.78 is 100. The Balaban J connectivity index is 1.25. The molecule has 10 aromatic carbocycles. The van der Waals surface area contributed by atoms with Gasteiger partial charge >= 0.3 is 8.88 Å². The molecule has 6 bridgehead atoms. The Labute approximate surface area is 613 Å². The molecule has 0 saturated heterocycles. The number of rotatable bonds is 24. The monoisotopic (exact) mass is 1470 g/mol. The van der Waals surface area contributed by atoms with Crippen molar-refractivity contribution in [1.29, 1.82) is 0 Å². The minimum absolute atomic E-state index is 0.303. The van der Waals surface area contributed by atoms with Crippen molar-refractivity contribution in [3.8, 4) is 44.5 Å². The smallest absolute Gasteiger partial charge is 0.404 e. The summed E-state index contributed by atoms with van der Waals surface area (Å²) in [5, 5.41) is 4.66.